The summed E-state index contributed by atoms with van der Waals surface area (Å²) in [5, 5.41) is 4.00. The summed E-state index contributed by atoms with van der Waals surface area (Å²) >= 11 is 0. The second-order valence-corrected chi connectivity index (χ2v) is 3.73. The van der Waals surface area contributed by atoms with E-state index < -0.39 is 0 Å². The van der Waals surface area contributed by atoms with Gasteiger partial charge in [0.15, 0.2) is 0 Å². The molecule has 2 aromatic heterocycles. The minimum Gasteiger partial charge on any atom is -0.327 e. The van der Waals surface area contributed by atoms with Gasteiger partial charge in [0.1, 0.15) is 5.82 Å². The Morgan fingerprint density at radius 3 is 3.07 bits per heavy atom. The quantitative estimate of drug-likeness (QED) is 0.716. The van der Waals surface area contributed by atoms with Crippen LogP contribution in [0.5, 0.6) is 0 Å². The first-order valence-corrected chi connectivity index (χ1v) is 4.70. The van der Waals surface area contributed by atoms with E-state index in [2.05, 4.69) is 15.1 Å². The standard InChI is InChI=1S/C9H10N4O/c1-5-10-9-11-7(6-2-3-6)4-8(14)13(9)12-5/h4,6H,2-3H2,1H3,(H,10,11,12). The number of hydrogen-bond acceptors (Lipinski definition) is 3. The molecule has 0 spiro atoms. The van der Waals surface area contributed by atoms with Gasteiger partial charge in [-0.3, -0.25) is 4.79 Å². The van der Waals surface area contributed by atoms with Crippen molar-refractivity contribution in [2.45, 2.75) is 25.7 Å². The van der Waals surface area contributed by atoms with Gasteiger partial charge in [-0.1, -0.05) is 0 Å². The summed E-state index contributed by atoms with van der Waals surface area (Å²) in [6.45, 7) is 1.77. The lowest BCUT2D eigenvalue weighted by molar-refractivity contribution is 0.860. The molecule has 5 nitrogen and oxygen atoms in total. The average molecular weight is 190 g/mol. The minimum absolute atomic E-state index is 0.0961. The van der Waals surface area contributed by atoms with Crippen LogP contribution in [-0.4, -0.2) is 19.6 Å². The third kappa shape index (κ3) is 1.05. The fourth-order valence-electron chi connectivity index (χ4n) is 1.62. The lowest BCUT2D eigenvalue weighted by Crippen LogP contribution is -2.15. The van der Waals surface area contributed by atoms with Crippen molar-refractivity contribution in [3.05, 3.63) is 27.9 Å². The Morgan fingerprint density at radius 2 is 2.36 bits per heavy atom. The van der Waals surface area contributed by atoms with E-state index >= 15 is 0 Å². The van der Waals surface area contributed by atoms with Crippen LogP contribution in [0, 0.1) is 6.92 Å². The highest BCUT2D eigenvalue weighted by Gasteiger charge is 2.25. The van der Waals surface area contributed by atoms with Gasteiger partial charge in [0.25, 0.3) is 5.56 Å². The Bertz CT molecular complexity index is 549. The number of aromatic nitrogens is 4. The molecule has 14 heavy (non-hydrogen) atoms. The maximum Gasteiger partial charge on any atom is 0.275 e. The predicted octanol–water partition coefficient (Wildman–Crippen LogP) is 0.603. The van der Waals surface area contributed by atoms with Crippen LogP contribution < -0.4 is 5.56 Å². The molecule has 5 heteroatoms. The zero-order valence-electron chi connectivity index (χ0n) is 7.82. The van der Waals surface area contributed by atoms with Crippen LogP contribution in [0.4, 0.5) is 0 Å². The van der Waals surface area contributed by atoms with Gasteiger partial charge < -0.3 is 4.98 Å². The molecule has 1 saturated carbocycles. The molecular weight excluding hydrogens is 180 g/mol. The zero-order chi connectivity index (χ0) is 9.71. The molecule has 0 atom stereocenters. The first kappa shape index (κ1) is 7.73. The number of fused-ring (bicyclic) bond motifs is 1. The highest BCUT2D eigenvalue weighted by molar-refractivity contribution is 5.30. The van der Waals surface area contributed by atoms with Crippen molar-refractivity contribution >= 4 is 5.78 Å². The smallest absolute Gasteiger partial charge is 0.275 e. The molecule has 0 aromatic carbocycles. The van der Waals surface area contributed by atoms with E-state index in [9.17, 15) is 4.79 Å². The van der Waals surface area contributed by atoms with E-state index in [0.717, 1.165) is 5.69 Å². The van der Waals surface area contributed by atoms with E-state index in [0.29, 0.717) is 17.5 Å². The Hall–Kier alpha value is -1.65. The number of aryl methyl sites for hydroxylation is 1. The second kappa shape index (κ2) is 2.43. The minimum atomic E-state index is -0.0961. The van der Waals surface area contributed by atoms with Gasteiger partial charge in [-0.25, -0.2) is 0 Å². The summed E-state index contributed by atoms with van der Waals surface area (Å²) in [7, 11) is 0. The number of rotatable bonds is 1. The summed E-state index contributed by atoms with van der Waals surface area (Å²) in [6, 6.07) is 1.62. The van der Waals surface area contributed by atoms with Gasteiger partial charge in [0.2, 0.25) is 5.78 Å². The van der Waals surface area contributed by atoms with Crippen LogP contribution in [0.2, 0.25) is 0 Å². The third-order valence-corrected chi connectivity index (χ3v) is 2.47. The molecular formula is C9H10N4O. The fourth-order valence-corrected chi connectivity index (χ4v) is 1.62. The highest BCUT2D eigenvalue weighted by Crippen LogP contribution is 2.38. The SMILES string of the molecule is Cc1nc2[nH]c(C3CC3)cc(=O)n2n1. The van der Waals surface area contributed by atoms with Crippen molar-refractivity contribution in [1.82, 2.24) is 19.6 Å². The molecule has 0 bridgehead atoms. The molecule has 2 heterocycles. The Morgan fingerprint density at radius 1 is 1.57 bits per heavy atom. The van der Waals surface area contributed by atoms with Crippen LogP contribution in [0.15, 0.2) is 10.9 Å². The normalized spacial score (nSPS) is 16.4. The number of nitrogens with one attached hydrogen (secondary N) is 1. The lowest BCUT2D eigenvalue weighted by atomic mass is 10.3. The Kier molecular flexibility index (Phi) is 1.34. The summed E-state index contributed by atoms with van der Waals surface area (Å²) in [4.78, 5) is 18.9. The molecule has 1 N–H and O–H groups in total. The van der Waals surface area contributed by atoms with E-state index in [1.54, 1.807) is 13.0 Å². The van der Waals surface area contributed by atoms with Crippen molar-refractivity contribution in [3.8, 4) is 0 Å². The van der Waals surface area contributed by atoms with Crippen LogP contribution in [0.1, 0.15) is 30.3 Å². The van der Waals surface area contributed by atoms with Gasteiger partial charge >= 0.3 is 0 Å². The largest absolute Gasteiger partial charge is 0.327 e. The van der Waals surface area contributed by atoms with Gasteiger partial charge in [-0.05, 0) is 25.7 Å². The predicted molar refractivity (Wildman–Crippen MR) is 50.3 cm³/mol. The van der Waals surface area contributed by atoms with Crippen molar-refractivity contribution in [1.29, 1.82) is 0 Å². The first-order chi connectivity index (χ1) is 6.74. The number of aromatic amines is 1. The Labute approximate surface area is 79.8 Å². The van der Waals surface area contributed by atoms with E-state index in [1.165, 1.54) is 17.4 Å². The molecule has 0 amide bonds. The monoisotopic (exact) mass is 190 g/mol. The lowest BCUT2D eigenvalue weighted by Gasteiger charge is -1.97. The summed E-state index contributed by atoms with van der Waals surface area (Å²) in [6.07, 6.45) is 2.33. The maximum atomic E-state index is 11.6. The van der Waals surface area contributed by atoms with Gasteiger partial charge in [-0.15, -0.1) is 5.10 Å². The molecule has 1 aliphatic carbocycles. The van der Waals surface area contributed by atoms with Crippen LogP contribution in [-0.2, 0) is 0 Å². The van der Waals surface area contributed by atoms with Crippen LogP contribution in [0.25, 0.3) is 5.78 Å². The van der Waals surface area contributed by atoms with E-state index in [1.807, 2.05) is 0 Å². The summed E-state index contributed by atoms with van der Waals surface area (Å²) in [5.41, 5.74) is 0.899. The summed E-state index contributed by atoms with van der Waals surface area (Å²) in [5.74, 6) is 1.70. The number of nitrogens with zero attached hydrogens (tertiary/aromatic N) is 3. The molecule has 0 radical (unpaired) electrons. The molecule has 0 aliphatic heterocycles. The molecule has 0 unspecified atom stereocenters. The van der Waals surface area contributed by atoms with Crippen molar-refractivity contribution in [2.75, 3.05) is 0 Å². The van der Waals surface area contributed by atoms with Gasteiger partial charge in [-0.2, -0.15) is 9.50 Å². The van der Waals surface area contributed by atoms with Crippen molar-refractivity contribution in [3.63, 3.8) is 0 Å². The molecule has 0 saturated heterocycles. The van der Waals surface area contributed by atoms with Crippen molar-refractivity contribution < 1.29 is 0 Å². The fraction of sp³-hybridized carbons (Fsp3) is 0.444. The average Bonchev–Trinajstić information content (AvgIpc) is 2.89. The molecule has 1 aliphatic rings. The van der Waals surface area contributed by atoms with Gasteiger partial charge in [0, 0.05) is 11.8 Å². The zero-order valence-corrected chi connectivity index (χ0v) is 7.82. The molecule has 1 fully saturated rings. The maximum absolute atomic E-state index is 11.6. The molecule has 3 rings (SSSR count). The van der Waals surface area contributed by atoms with Crippen molar-refractivity contribution in [2.24, 2.45) is 0 Å². The second-order valence-electron chi connectivity index (χ2n) is 3.73. The topological polar surface area (TPSA) is 63.0 Å². The summed E-state index contributed by atoms with van der Waals surface area (Å²) < 4.78 is 1.31. The van der Waals surface area contributed by atoms with E-state index in [-0.39, 0.29) is 5.56 Å². The Balaban J connectivity index is 2.32. The number of hydrogen-bond donors (Lipinski definition) is 1. The van der Waals surface area contributed by atoms with E-state index in [4.69, 9.17) is 0 Å². The highest BCUT2D eigenvalue weighted by atomic mass is 16.1. The van der Waals surface area contributed by atoms with Gasteiger partial charge in [0.05, 0.1) is 0 Å². The molecule has 2 aromatic rings. The number of H-pyrrole nitrogens is 1. The van der Waals surface area contributed by atoms with Crippen LogP contribution in [0.3, 0.4) is 0 Å². The first-order valence-electron chi connectivity index (χ1n) is 4.70. The molecule has 72 valence electrons. The van der Waals surface area contributed by atoms with Crippen LogP contribution >= 0.6 is 0 Å². The third-order valence-electron chi connectivity index (χ3n) is 2.47.